The third kappa shape index (κ3) is 3.22. The van der Waals surface area contributed by atoms with E-state index in [-0.39, 0.29) is 23.4 Å². The van der Waals surface area contributed by atoms with Gasteiger partial charge in [0.05, 0.1) is 37.2 Å². The number of carbonyl (C=O) groups excluding carboxylic acids is 2. The maximum absolute atomic E-state index is 12.1. The molecule has 122 valence electrons. The molecule has 23 heavy (non-hydrogen) atoms. The van der Waals surface area contributed by atoms with Crippen LogP contribution >= 0.6 is 0 Å². The van der Waals surface area contributed by atoms with Gasteiger partial charge < -0.3 is 10.2 Å². The molecule has 0 aromatic carbocycles. The fourth-order valence-corrected chi connectivity index (χ4v) is 2.54. The SMILES string of the molecule is CC(C)C(=O)N1CCn2nc(CNC(=O)c3cn[nH]n3)cc2C1. The summed E-state index contributed by atoms with van der Waals surface area (Å²) >= 11 is 0. The van der Waals surface area contributed by atoms with Crippen LogP contribution in [0.15, 0.2) is 12.3 Å². The molecule has 0 atom stereocenters. The Morgan fingerprint density at radius 3 is 2.91 bits per heavy atom. The Bertz CT molecular complexity index is 705. The highest BCUT2D eigenvalue weighted by Crippen LogP contribution is 2.16. The predicted octanol–water partition coefficient (Wildman–Crippen LogP) is -0.0706. The number of hydrogen-bond donors (Lipinski definition) is 2. The quantitative estimate of drug-likeness (QED) is 0.820. The Morgan fingerprint density at radius 1 is 1.39 bits per heavy atom. The lowest BCUT2D eigenvalue weighted by molar-refractivity contribution is -0.136. The van der Waals surface area contributed by atoms with Crippen molar-refractivity contribution < 1.29 is 9.59 Å². The van der Waals surface area contributed by atoms with Gasteiger partial charge >= 0.3 is 0 Å². The van der Waals surface area contributed by atoms with E-state index in [0.717, 1.165) is 11.4 Å². The normalized spacial score (nSPS) is 14.0. The molecule has 2 amide bonds. The van der Waals surface area contributed by atoms with Gasteiger partial charge in [0.1, 0.15) is 0 Å². The monoisotopic (exact) mass is 317 g/mol. The van der Waals surface area contributed by atoms with Gasteiger partial charge in [-0.25, -0.2) is 0 Å². The number of aromatic nitrogens is 5. The van der Waals surface area contributed by atoms with Crippen molar-refractivity contribution >= 4 is 11.8 Å². The topological polar surface area (TPSA) is 109 Å². The molecule has 0 saturated heterocycles. The van der Waals surface area contributed by atoms with E-state index in [1.807, 2.05) is 29.5 Å². The van der Waals surface area contributed by atoms with Gasteiger partial charge in [-0.05, 0) is 6.07 Å². The molecule has 3 rings (SSSR count). The van der Waals surface area contributed by atoms with Gasteiger partial charge in [-0.2, -0.15) is 20.5 Å². The van der Waals surface area contributed by atoms with Crippen molar-refractivity contribution in [2.75, 3.05) is 6.54 Å². The van der Waals surface area contributed by atoms with Crippen molar-refractivity contribution in [1.82, 2.24) is 35.4 Å². The van der Waals surface area contributed by atoms with E-state index >= 15 is 0 Å². The van der Waals surface area contributed by atoms with Crippen LogP contribution in [0.25, 0.3) is 0 Å². The average molecular weight is 317 g/mol. The van der Waals surface area contributed by atoms with Crippen LogP contribution in [-0.2, 0) is 24.4 Å². The number of aromatic amines is 1. The summed E-state index contributed by atoms with van der Waals surface area (Å²) < 4.78 is 1.89. The summed E-state index contributed by atoms with van der Waals surface area (Å²) in [6.45, 7) is 6.00. The molecule has 0 fully saturated rings. The molecule has 0 unspecified atom stereocenters. The standard InChI is InChI=1S/C14H19N7O2/c1-9(2)14(23)20-3-4-21-11(8-20)5-10(18-21)6-15-13(22)12-7-16-19-17-12/h5,7,9H,3-4,6,8H2,1-2H3,(H,15,22)(H,16,17,19). The second-order valence-corrected chi connectivity index (χ2v) is 5.80. The number of rotatable bonds is 4. The highest BCUT2D eigenvalue weighted by molar-refractivity contribution is 5.91. The van der Waals surface area contributed by atoms with Crippen molar-refractivity contribution in [2.45, 2.75) is 33.5 Å². The number of hydrogen-bond acceptors (Lipinski definition) is 5. The van der Waals surface area contributed by atoms with Crippen LogP contribution in [0.5, 0.6) is 0 Å². The van der Waals surface area contributed by atoms with Crippen LogP contribution in [0.3, 0.4) is 0 Å². The summed E-state index contributed by atoms with van der Waals surface area (Å²) in [5.74, 6) is -0.162. The van der Waals surface area contributed by atoms with Crippen LogP contribution in [-0.4, -0.2) is 48.5 Å². The average Bonchev–Trinajstić information content (AvgIpc) is 3.19. The molecule has 1 aliphatic heterocycles. The number of amides is 2. The van der Waals surface area contributed by atoms with Crippen LogP contribution in [0.1, 0.15) is 35.7 Å². The smallest absolute Gasteiger partial charge is 0.273 e. The van der Waals surface area contributed by atoms with Gasteiger partial charge in [-0.3, -0.25) is 14.3 Å². The lowest BCUT2D eigenvalue weighted by Gasteiger charge is -2.29. The Balaban J connectivity index is 1.62. The molecule has 2 aromatic rings. The van der Waals surface area contributed by atoms with Crippen LogP contribution < -0.4 is 5.32 Å². The van der Waals surface area contributed by atoms with Crippen molar-refractivity contribution in [3.63, 3.8) is 0 Å². The number of fused-ring (bicyclic) bond motifs is 1. The molecule has 2 aromatic heterocycles. The van der Waals surface area contributed by atoms with Crippen molar-refractivity contribution in [3.8, 4) is 0 Å². The molecule has 1 aliphatic rings. The first-order chi connectivity index (χ1) is 11.0. The minimum atomic E-state index is -0.304. The molecular weight excluding hydrogens is 298 g/mol. The van der Waals surface area contributed by atoms with Crippen LogP contribution in [0.4, 0.5) is 0 Å². The summed E-state index contributed by atoms with van der Waals surface area (Å²) in [5, 5.41) is 16.9. The Kier molecular flexibility index (Phi) is 4.09. The first kappa shape index (κ1) is 15.2. The van der Waals surface area contributed by atoms with Gasteiger partial charge in [0.15, 0.2) is 5.69 Å². The van der Waals surface area contributed by atoms with Gasteiger partial charge in [0.2, 0.25) is 5.91 Å². The molecule has 2 N–H and O–H groups in total. The minimum absolute atomic E-state index is 0.00862. The highest BCUT2D eigenvalue weighted by atomic mass is 16.2. The lowest BCUT2D eigenvalue weighted by atomic mass is 10.1. The van der Waals surface area contributed by atoms with E-state index in [0.29, 0.717) is 26.2 Å². The summed E-state index contributed by atoms with van der Waals surface area (Å²) in [6, 6.07) is 1.92. The number of nitrogens with one attached hydrogen (secondary N) is 2. The Morgan fingerprint density at radius 2 is 2.22 bits per heavy atom. The number of H-pyrrole nitrogens is 1. The van der Waals surface area contributed by atoms with E-state index in [9.17, 15) is 9.59 Å². The molecule has 0 saturated carbocycles. The third-order valence-electron chi connectivity index (χ3n) is 3.73. The minimum Gasteiger partial charge on any atom is -0.345 e. The van der Waals surface area contributed by atoms with Gasteiger partial charge in [-0.1, -0.05) is 13.8 Å². The Hall–Kier alpha value is -2.71. The molecule has 0 aliphatic carbocycles. The Labute approximate surface area is 133 Å². The van der Waals surface area contributed by atoms with E-state index in [1.165, 1.54) is 6.20 Å². The van der Waals surface area contributed by atoms with E-state index < -0.39 is 0 Å². The molecule has 9 nitrogen and oxygen atoms in total. The zero-order valence-electron chi connectivity index (χ0n) is 13.1. The zero-order chi connectivity index (χ0) is 16.4. The maximum atomic E-state index is 12.1. The second-order valence-electron chi connectivity index (χ2n) is 5.80. The molecular formula is C14H19N7O2. The fourth-order valence-electron chi connectivity index (χ4n) is 2.54. The molecule has 0 radical (unpaired) electrons. The first-order valence-corrected chi connectivity index (χ1v) is 7.53. The van der Waals surface area contributed by atoms with E-state index in [2.05, 4.69) is 25.8 Å². The van der Waals surface area contributed by atoms with E-state index in [1.54, 1.807) is 0 Å². The second kappa shape index (κ2) is 6.19. The van der Waals surface area contributed by atoms with Crippen molar-refractivity contribution in [2.24, 2.45) is 5.92 Å². The number of nitrogens with zero attached hydrogens (tertiary/aromatic N) is 5. The zero-order valence-corrected chi connectivity index (χ0v) is 13.1. The fraction of sp³-hybridized carbons (Fsp3) is 0.500. The predicted molar refractivity (Wildman–Crippen MR) is 80.0 cm³/mol. The third-order valence-corrected chi connectivity index (χ3v) is 3.73. The molecule has 3 heterocycles. The highest BCUT2D eigenvalue weighted by Gasteiger charge is 2.24. The van der Waals surface area contributed by atoms with Crippen LogP contribution in [0, 0.1) is 5.92 Å². The van der Waals surface area contributed by atoms with Gasteiger partial charge in [0.25, 0.3) is 5.91 Å². The summed E-state index contributed by atoms with van der Waals surface area (Å²) in [7, 11) is 0. The molecule has 9 heteroatoms. The first-order valence-electron chi connectivity index (χ1n) is 7.53. The van der Waals surface area contributed by atoms with E-state index in [4.69, 9.17) is 0 Å². The van der Waals surface area contributed by atoms with Gasteiger partial charge in [0, 0.05) is 12.5 Å². The molecule has 0 spiro atoms. The maximum Gasteiger partial charge on any atom is 0.273 e. The molecule has 0 bridgehead atoms. The summed E-state index contributed by atoms with van der Waals surface area (Å²) in [4.78, 5) is 25.7. The van der Waals surface area contributed by atoms with Crippen LogP contribution in [0.2, 0.25) is 0 Å². The van der Waals surface area contributed by atoms with Crippen molar-refractivity contribution in [1.29, 1.82) is 0 Å². The lowest BCUT2D eigenvalue weighted by Crippen LogP contribution is -2.40. The number of carbonyl (C=O) groups is 2. The van der Waals surface area contributed by atoms with Crippen molar-refractivity contribution in [3.05, 3.63) is 29.3 Å². The summed E-state index contributed by atoms with van der Waals surface area (Å²) in [6.07, 6.45) is 1.36. The summed E-state index contributed by atoms with van der Waals surface area (Å²) in [5.41, 5.74) is 1.98. The van der Waals surface area contributed by atoms with Gasteiger partial charge in [-0.15, -0.1) is 0 Å². The largest absolute Gasteiger partial charge is 0.345 e.